The van der Waals surface area contributed by atoms with Crippen molar-refractivity contribution in [1.29, 1.82) is 0 Å². The quantitative estimate of drug-likeness (QED) is 0.720. The smallest absolute Gasteiger partial charge is 0.276 e. The average Bonchev–Trinajstić information content (AvgIpc) is 3.39. The number of hydrogen-bond acceptors (Lipinski definition) is 5. The number of aromatic nitrogens is 1. The molecule has 1 amide bonds. The lowest BCUT2D eigenvalue weighted by Crippen LogP contribution is -2.33. The van der Waals surface area contributed by atoms with E-state index in [2.05, 4.69) is 25.9 Å². The van der Waals surface area contributed by atoms with Crippen LogP contribution in [0.25, 0.3) is 0 Å². The molecule has 1 fully saturated rings. The summed E-state index contributed by atoms with van der Waals surface area (Å²) in [6.07, 6.45) is 4.69. The van der Waals surface area contributed by atoms with Gasteiger partial charge in [-0.15, -0.1) is 0 Å². The van der Waals surface area contributed by atoms with Crippen LogP contribution in [0, 0.1) is 11.3 Å². The molecule has 0 spiro atoms. The highest BCUT2D eigenvalue weighted by molar-refractivity contribution is 5.94. The Morgan fingerprint density at radius 3 is 2.63 bits per heavy atom. The summed E-state index contributed by atoms with van der Waals surface area (Å²) >= 11 is 0. The Kier molecular flexibility index (Phi) is 5.51. The summed E-state index contributed by atoms with van der Waals surface area (Å²) in [6.45, 7) is 7.53. The summed E-state index contributed by atoms with van der Waals surface area (Å²) in [5.74, 6) is 2.76. The van der Waals surface area contributed by atoms with Crippen molar-refractivity contribution in [3.63, 3.8) is 0 Å². The van der Waals surface area contributed by atoms with Crippen LogP contribution in [-0.2, 0) is 12.8 Å². The predicted molar refractivity (Wildman–Crippen MR) is 114 cm³/mol. The Balaban J connectivity index is 1.61. The summed E-state index contributed by atoms with van der Waals surface area (Å²) < 4.78 is 16.4. The fraction of sp³-hybridized carbons (Fsp3) is 0.583. The Bertz CT molecular complexity index is 928. The zero-order valence-electron chi connectivity index (χ0n) is 18.7. The van der Waals surface area contributed by atoms with Gasteiger partial charge in [0.05, 0.1) is 20.3 Å². The normalized spacial score (nSPS) is 21.4. The Morgan fingerprint density at radius 1 is 1.17 bits per heavy atom. The van der Waals surface area contributed by atoms with Gasteiger partial charge in [0.15, 0.2) is 17.2 Å². The molecule has 4 rings (SSSR count). The minimum atomic E-state index is -0.0214. The highest BCUT2D eigenvalue weighted by Gasteiger charge is 2.38. The van der Waals surface area contributed by atoms with E-state index < -0.39 is 0 Å². The van der Waals surface area contributed by atoms with E-state index >= 15 is 0 Å². The van der Waals surface area contributed by atoms with Crippen molar-refractivity contribution in [2.75, 3.05) is 20.8 Å². The van der Waals surface area contributed by atoms with Gasteiger partial charge in [0, 0.05) is 18.5 Å². The number of rotatable bonds is 4. The van der Waals surface area contributed by atoms with Crippen LogP contribution in [0.3, 0.4) is 0 Å². The second-order valence-corrected chi connectivity index (χ2v) is 9.51. The van der Waals surface area contributed by atoms with Gasteiger partial charge in [0.25, 0.3) is 5.91 Å². The molecule has 1 aromatic carbocycles. The van der Waals surface area contributed by atoms with Crippen LogP contribution < -0.4 is 9.47 Å². The molecule has 30 heavy (non-hydrogen) atoms. The molecular weight excluding hydrogens is 380 g/mol. The molecule has 0 unspecified atom stereocenters. The number of nitrogens with zero attached hydrogens (tertiary/aromatic N) is 2. The van der Waals surface area contributed by atoms with Crippen LogP contribution in [0.15, 0.2) is 22.7 Å². The molecule has 2 aromatic rings. The number of ether oxygens (including phenoxy) is 2. The minimum absolute atomic E-state index is 0.00617. The standard InChI is InChI=1S/C24H32N2O4/c1-24(2,3)16-9-11-19-17(14-16)22(25-30-19)23(27)26-12-6-7-18(26)15-8-10-20(28-4)21(13-15)29-5/h8,10,13,16,18H,6-7,9,11-12,14H2,1-5H3/t16-,18-/m1/s1. The number of carbonyl (C=O) groups is 1. The molecule has 1 aromatic heterocycles. The molecule has 1 aliphatic carbocycles. The van der Waals surface area contributed by atoms with E-state index in [1.807, 2.05) is 23.1 Å². The molecule has 2 heterocycles. The molecule has 6 heteroatoms. The molecule has 1 saturated heterocycles. The molecule has 0 bridgehead atoms. The zero-order valence-corrected chi connectivity index (χ0v) is 18.7. The Hall–Kier alpha value is -2.50. The van der Waals surface area contributed by atoms with Crippen LogP contribution in [0.5, 0.6) is 11.5 Å². The van der Waals surface area contributed by atoms with Crippen molar-refractivity contribution in [2.45, 2.75) is 58.9 Å². The van der Waals surface area contributed by atoms with E-state index in [1.165, 1.54) is 0 Å². The molecule has 0 radical (unpaired) electrons. The number of methoxy groups -OCH3 is 2. The molecular formula is C24H32N2O4. The molecule has 162 valence electrons. The third kappa shape index (κ3) is 3.68. The third-order valence-electron chi connectivity index (χ3n) is 6.77. The van der Waals surface area contributed by atoms with Gasteiger partial charge in [-0.1, -0.05) is 32.0 Å². The maximum atomic E-state index is 13.5. The summed E-state index contributed by atoms with van der Waals surface area (Å²) in [4.78, 5) is 15.5. The first-order valence-electron chi connectivity index (χ1n) is 10.8. The van der Waals surface area contributed by atoms with Crippen molar-refractivity contribution < 1.29 is 18.8 Å². The van der Waals surface area contributed by atoms with Crippen molar-refractivity contribution >= 4 is 5.91 Å². The Morgan fingerprint density at radius 2 is 1.93 bits per heavy atom. The van der Waals surface area contributed by atoms with Crippen LogP contribution in [0.2, 0.25) is 0 Å². The minimum Gasteiger partial charge on any atom is -0.493 e. The molecule has 6 nitrogen and oxygen atoms in total. The number of carbonyl (C=O) groups excluding carboxylic acids is 1. The van der Waals surface area contributed by atoms with Gasteiger partial charge in [-0.05, 0) is 54.7 Å². The Labute approximate surface area is 178 Å². The van der Waals surface area contributed by atoms with E-state index in [4.69, 9.17) is 14.0 Å². The van der Waals surface area contributed by atoms with Crippen molar-refractivity contribution in [1.82, 2.24) is 10.1 Å². The predicted octanol–water partition coefficient (Wildman–Crippen LogP) is 4.82. The first-order chi connectivity index (χ1) is 14.3. The SMILES string of the molecule is COc1ccc([C@H]2CCCN2C(=O)c2noc3c2C[C@H](C(C)(C)C)CC3)cc1OC. The molecule has 0 saturated carbocycles. The summed E-state index contributed by atoms with van der Waals surface area (Å²) in [5.41, 5.74) is 2.78. The van der Waals surface area contributed by atoms with E-state index in [-0.39, 0.29) is 17.4 Å². The lowest BCUT2D eigenvalue weighted by Gasteiger charge is -2.33. The van der Waals surface area contributed by atoms with Crippen LogP contribution in [0.4, 0.5) is 0 Å². The second kappa shape index (κ2) is 7.97. The summed E-state index contributed by atoms with van der Waals surface area (Å²) in [7, 11) is 3.26. The summed E-state index contributed by atoms with van der Waals surface area (Å²) in [6, 6.07) is 5.90. The fourth-order valence-corrected chi connectivity index (χ4v) is 4.86. The van der Waals surface area contributed by atoms with Crippen molar-refractivity contribution in [3.05, 3.63) is 40.8 Å². The van der Waals surface area contributed by atoms with Gasteiger partial charge in [0.2, 0.25) is 0 Å². The van der Waals surface area contributed by atoms with Gasteiger partial charge >= 0.3 is 0 Å². The van der Waals surface area contributed by atoms with Crippen LogP contribution >= 0.6 is 0 Å². The number of amides is 1. The topological polar surface area (TPSA) is 64.8 Å². The largest absolute Gasteiger partial charge is 0.493 e. The van der Waals surface area contributed by atoms with E-state index in [0.717, 1.165) is 55.5 Å². The highest BCUT2D eigenvalue weighted by Crippen LogP contribution is 2.41. The number of hydrogen-bond donors (Lipinski definition) is 0. The first kappa shape index (κ1) is 20.8. The highest BCUT2D eigenvalue weighted by atomic mass is 16.5. The van der Waals surface area contributed by atoms with E-state index in [9.17, 15) is 4.79 Å². The van der Waals surface area contributed by atoms with Crippen molar-refractivity contribution in [2.24, 2.45) is 11.3 Å². The lowest BCUT2D eigenvalue weighted by molar-refractivity contribution is 0.0723. The van der Waals surface area contributed by atoms with Gasteiger partial charge in [0.1, 0.15) is 5.76 Å². The van der Waals surface area contributed by atoms with E-state index in [1.54, 1.807) is 14.2 Å². The van der Waals surface area contributed by atoms with Gasteiger partial charge in [-0.3, -0.25) is 4.79 Å². The number of benzene rings is 1. The first-order valence-corrected chi connectivity index (χ1v) is 10.8. The van der Waals surface area contributed by atoms with Crippen LogP contribution in [-0.4, -0.2) is 36.7 Å². The third-order valence-corrected chi connectivity index (χ3v) is 6.77. The maximum Gasteiger partial charge on any atom is 0.276 e. The van der Waals surface area contributed by atoms with Gasteiger partial charge in [-0.2, -0.15) is 0 Å². The molecule has 0 N–H and O–H groups in total. The second-order valence-electron chi connectivity index (χ2n) is 9.51. The monoisotopic (exact) mass is 412 g/mol. The number of likely N-dealkylation sites (tertiary alicyclic amines) is 1. The summed E-state index contributed by atoms with van der Waals surface area (Å²) in [5, 5.41) is 4.24. The maximum absolute atomic E-state index is 13.5. The van der Waals surface area contributed by atoms with E-state index in [0.29, 0.717) is 23.1 Å². The van der Waals surface area contributed by atoms with Crippen LogP contribution in [0.1, 0.15) is 73.5 Å². The van der Waals surface area contributed by atoms with Crippen molar-refractivity contribution in [3.8, 4) is 11.5 Å². The van der Waals surface area contributed by atoms with Gasteiger partial charge in [-0.25, -0.2) is 0 Å². The average molecular weight is 413 g/mol. The molecule has 2 atom stereocenters. The zero-order chi connectivity index (χ0) is 21.5. The number of aryl methyl sites for hydroxylation is 1. The molecule has 1 aliphatic heterocycles. The lowest BCUT2D eigenvalue weighted by atomic mass is 9.71. The van der Waals surface area contributed by atoms with Gasteiger partial charge < -0.3 is 18.9 Å². The molecule has 2 aliphatic rings. The number of fused-ring (bicyclic) bond motifs is 1. The fourth-order valence-electron chi connectivity index (χ4n) is 4.86.